The maximum absolute atomic E-state index is 14.0. The molecule has 2 rings (SSSR count). The molecule has 1 aromatic carbocycles. The number of ether oxygens (including phenoxy) is 1. The molecule has 1 amide bonds. The molecule has 116 valence electrons. The van der Waals surface area contributed by atoms with Crippen molar-refractivity contribution in [3.8, 4) is 0 Å². The summed E-state index contributed by atoms with van der Waals surface area (Å²) in [4.78, 5) is 12.9. The van der Waals surface area contributed by atoms with Crippen LogP contribution in [0, 0.1) is 5.82 Å². The number of halogens is 1. The van der Waals surface area contributed by atoms with Gasteiger partial charge in [-0.2, -0.15) is 0 Å². The maximum Gasteiger partial charge on any atom is 0.250 e. The van der Waals surface area contributed by atoms with E-state index in [1.54, 1.807) is 11.9 Å². The van der Waals surface area contributed by atoms with Crippen molar-refractivity contribution in [3.63, 3.8) is 0 Å². The summed E-state index contributed by atoms with van der Waals surface area (Å²) in [5.74, 6) is -1.28. The van der Waals surface area contributed by atoms with Crippen molar-refractivity contribution in [2.24, 2.45) is 5.73 Å². The fourth-order valence-corrected chi connectivity index (χ4v) is 2.52. The molecule has 6 nitrogen and oxygen atoms in total. The third kappa shape index (κ3) is 3.43. The number of primary amides is 1. The number of carbonyl (C=O) groups is 1. The third-order valence-electron chi connectivity index (χ3n) is 3.75. The predicted molar refractivity (Wildman–Crippen MR) is 77.6 cm³/mol. The Labute approximate surface area is 122 Å². The molecule has 1 fully saturated rings. The van der Waals surface area contributed by atoms with Crippen LogP contribution in [0.3, 0.4) is 0 Å². The number of carbonyl (C=O) groups excluding carboxylic acids is 1. The molecule has 5 N–H and O–H groups in total. The zero-order valence-electron chi connectivity index (χ0n) is 11.9. The summed E-state index contributed by atoms with van der Waals surface area (Å²) in [6.45, 7) is 1.18. The SMILES string of the molecule is CN(CC1(O)CCOCC1)c1cc(C(N)=O)c(N)cc1F. The first kappa shape index (κ1) is 15.5. The van der Waals surface area contributed by atoms with E-state index in [1.807, 2.05) is 0 Å². The van der Waals surface area contributed by atoms with Gasteiger partial charge in [0.15, 0.2) is 0 Å². The Morgan fingerprint density at radius 2 is 2.10 bits per heavy atom. The average molecular weight is 297 g/mol. The van der Waals surface area contributed by atoms with E-state index in [9.17, 15) is 14.3 Å². The van der Waals surface area contributed by atoms with Crippen LogP contribution in [-0.2, 0) is 4.74 Å². The second-order valence-corrected chi connectivity index (χ2v) is 5.45. The van der Waals surface area contributed by atoms with E-state index in [4.69, 9.17) is 16.2 Å². The summed E-state index contributed by atoms with van der Waals surface area (Å²) >= 11 is 0. The molecule has 1 heterocycles. The highest BCUT2D eigenvalue weighted by atomic mass is 19.1. The van der Waals surface area contributed by atoms with Gasteiger partial charge in [-0.3, -0.25) is 4.79 Å². The summed E-state index contributed by atoms with van der Waals surface area (Å²) in [5, 5.41) is 10.5. The van der Waals surface area contributed by atoms with Crippen molar-refractivity contribution >= 4 is 17.3 Å². The summed E-state index contributed by atoms with van der Waals surface area (Å²) < 4.78 is 19.3. The smallest absolute Gasteiger partial charge is 0.250 e. The standard InChI is InChI=1S/C14H20FN3O3/c1-18(8-14(20)2-4-21-5-3-14)12-6-9(13(17)19)11(16)7-10(12)15/h6-7,20H,2-5,8,16H2,1H3,(H2,17,19). The van der Waals surface area contributed by atoms with Crippen LogP contribution in [0.15, 0.2) is 12.1 Å². The third-order valence-corrected chi connectivity index (χ3v) is 3.75. The zero-order valence-corrected chi connectivity index (χ0v) is 11.9. The van der Waals surface area contributed by atoms with Gasteiger partial charge in [0.25, 0.3) is 5.91 Å². The average Bonchev–Trinajstić information content (AvgIpc) is 2.38. The lowest BCUT2D eigenvalue weighted by Crippen LogP contribution is -2.46. The number of anilines is 2. The first-order chi connectivity index (χ1) is 9.82. The highest BCUT2D eigenvalue weighted by Crippen LogP contribution is 2.28. The molecule has 0 aromatic heterocycles. The highest BCUT2D eigenvalue weighted by Gasteiger charge is 2.32. The number of rotatable bonds is 4. The van der Waals surface area contributed by atoms with Crippen LogP contribution in [-0.4, -0.2) is 43.4 Å². The number of nitrogens with zero attached hydrogens (tertiary/aromatic N) is 1. The molecule has 0 radical (unpaired) electrons. The monoisotopic (exact) mass is 297 g/mol. The number of likely N-dealkylation sites (N-methyl/N-ethyl adjacent to an activating group) is 1. The van der Waals surface area contributed by atoms with E-state index < -0.39 is 17.3 Å². The van der Waals surface area contributed by atoms with Gasteiger partial charge in [-0.15, -0.1) is 0 Å². The van der Waals surface area contributed by atoms with Crippen LogP contribution < -0.4 is 16.4 Å². The van der Waals surface area contributed by atoms with Gasteiger partial charge in [-0.1, -0.05) is 0 Å². The Hall–Kier alpha value is -1.86. The molecule has 21 heavy (non-hydrogen) atoms. The van der Waals surface area contributed by atoms with Crippen molar-refractivity contribution in [2.75, 3.05) is 37.4 Å². The predicted octanol–water partition coefficient (Wildman–Crippen LogP) is 0.484. The lowest BCUT2D eigenvalue weighted by atomic mass is 9.93. The number of hydrogen-bond acceptors (Lipinski definition) is 5. The number of nitrogen functional groups attached to an aromatic ring is 1. The fourth-order valence-electron chi connectivity index (χ4n) is 2.52. The summed E-state index contributed by atoms with van der Waals surface area (Å²) in [7, 11) is 1.65. The molecule has 7 heteroatoms. The van der Waals surface area contributed by atoms with Crippen LogP contribution in [0.4, 0.5) is 15.8 Å². The van der Waals surface area contributed by atoms with E-state index in [0.717, 1.165) is 6.07 Å². The number of hydrogen-bond donors (Lipinski definition) is 3. The second-order valence-electron chi connectivity index (χ2n) is 5.45. The topological polar surface area (TPSA) is 102 Å². The van der Waals surface area contributed by atoms with Gasteiger partial charge in [0.1, 0.15) is 5.82 Å². The van der Waals surface area contributed by atoms with Crippen molar-refractivity contribution in [1.29, 1.82) is 0 Å². The van der Waals surface area contributed by atoms with Crippen molar-refractivity contribution < 1.29 is 19.0 Å². The second kappa shape index (κ2) is 5.87. The molecule has 0 unspecified atom stereocenters. The van der Waals surface area contributed by atoms with E-state index in [0.29, 0.717) is 26.1 Å². The molecule has 0 aliphatic carbocycles. The Balaban J connectivity index is 2.24. The molecule has 0 bridgehead atoms. The zero-order chi connectivity index (χ0) is 15.6. The lowest BCUT2D eigenvalue weighted by molar-refractivity contribution is -0.0573. The Morgan fingerprint density at radius 1 is 1.48 bits per heavy atom. The Morgan fingerprint density at radius 3 is 2.67 bits per heavy atom. The van der Waals surface area contributed by atoms with Crippen LogP contribution >= 0.6 is 0 Å². The van der Waals surface area contributed by atoms with Crippen LogP contribution in [0.2, 0.25) is 0 Å². The first-order valence-corrected chi connectivity index (χ1v) is 6.72. The lowest BCUT2D eigenvalue weighted by Gasteiger charge is -2.36. The number of aliphatic hydroxyl groups is 1. The van der Waals surface area contributed by atoms with Gasteiger partial charge in [0.05, 0.1) is 16.9 Å². The van der Waals surface area contributed by atoms with Gasteiger partial charge >= 0.3 is 0 Å². The Kier molecular flexibility index (Phi) is 4.34. The molecule has 0 saturated carbocycles. The number of amides is 1. The molecular weight excluding hydrogens is 277 g/mol. The molecule has 1 aliphatic heterocycles. The largest absolute Gasteiger partial charge is 0.398 e. The van der Waals surface area contributed by atoms with E-state index in [1.165, 1.54) is 6.07 Å². The van der Waals surface area contributed by atoms with Gasteiger partial charge in [0.2, 0.25) is 0 Å². The van der Waals surface area contributed by atoms with Crippen molar-refractivity contribution in [1.82, 2.24) is 0 Å². The summed E-state index contributed by atoms with van der Waals surface area (Å²) in [6, 6.07) is 2.38. The van der Waals surface area contributed by atoms with Crippen molar-refractivity contribution in [2.45, 2.75) is 18.4 Å². The summed E-state index contributed by atoms with van der Waals surface area (Å²) in [6.07, 6.45) is 0.965. The van der Waals surface area contributed by atoms with Crippen LogP contribution in [0.5, 0.6) is 0 Å². The first-order valence-electron chi connectivity index (χ1n) is 6.72. The minimum atomic E-state index is -0.937. The fraction of sp³-hybridized carbons (Fsp3) is 0.500. The van der Waals surface area contributed by atoms with Crippen molar-refractivity contribution in [3.05, 3.63) is 23.5 Å². The Bertz CT molecular complexity index is 545. The van der Waals surface area contributed by atoms with Crippen LogP contribution in [0.1, 0.15) is 23.2 Å². The van der Waals surface area contributed by atoms with Crippen LogP contribution in [0.25, 0.3) is 0 Å². The number of benzene rings is 1. The van der Waals surface area contributed by atoms with Gasteiger partial charge in [0, 0.05) is 45.3 Å². The molecule has 0 atom stereocenters. The van der Waals surface area contributed by atoms with Gasteiger partial charge in [-0.05, 0) is 12.1 Å². The maximum atomic E-state index is 14.0. The minimum Gasteiger partial charge on any atom is -0.398 e. The van der Waals surface area contributed by atoms with E-state index in [-0.39, 0.29) is 23.5 Å². The molecule has 0 spiro atoms. The van der Waals surface area contributed by atoms with E-state index >= 15 is 0 Å². The molecule has 1 saturated heterocycles. The number of nitrogens with two attached hydrogens (primary N) is 2. The molecule has 1 aliphatic rings. The summed E-state index contributed by atoms with van der Waals surface area (Å²) in [5.41, 5.74) is 10.1. The highest BCUT2D eigenvalue weighted by molar-refractivity contribution is 5.99. The van der Waals surface area contributed by atoms with Gasteiger partial charge in [-0.25, -0.2) is 4.39 Å². The molecule has 1 aromatic rings. The normalized spacial score (nSPS) is 17.5. The van der Waals surface area contributed by atoms with Gasteiger partial charge < -0.3 is 26.2 Å². The minimum absolute atomic E-state index is 0.00179. The van der Waals surface area contributed by atoms with E-state index in [2.05, 4.69) is 0 Å². The quantitative estimate of drug-likeness (QED) is 0.702. The molecular formula is C14H20FN3O3.